The summed E-state index contributed by atoms with van der Waals surface area (Å²) in [6.45, 7) is 3.71. The summed E-state index contributed by atoms with van der Waals surface area (Å²) in [5, 5.41) is 0. The van der Waals surface area contributed by atoms with E-state index in [1.54, 1.807) is 25.1 Å². The lowest BCUT2D eigenvalue weighted by Gasteiger charge is -2.23. The number of carbonyl (C=O) groups excluding carboxylic acids is 2. The Labute approximate surface area is 173 Å². The van der Waals surface area contributed by atoms with E-state index >= 15 is 0 Å². The summed E-state index contributed by atoms with van der Waals surface area (Å²) in [4.78, 5) is 52.2. The molecule has 162 valence electrons. The minimum atomic E-state index is -0.742. The molecule has 0 saturated carbocycles. The maximum Gasteiger partial charge on any atom is 0.337 e. The lowest BCUT2D eigenvalue weighted by atomic mass is 10.2. The van der Waals surface area contributed by atoms with Crippen LogP contribution in [-0.4, -0.2) is 41.7 Å². The highest BCUT2D eigenvalue weighted by Crippen LogP contribution is 2.18. The number of H-pyrrole nitrogens is 1. The van der Waals surface area contributed by atoms with Crippen LogP contribution >= 0.6 is 0 Å². The number of carbonyl (C=O) groups is 2. The number of nitrogens with zero attached hydrogens (tertiary/aromatic N) is 2. The number of nitrogens with one attached hydrogen (secondary N) is 1. The summed E-state index contributed by atoms with van der Waals surface area (Å²) in [5.41, 5.74) is 4.90. The van der Waals surface area contributed by atoms with E-state index in [1.165, 1.54) is 22.6 Å². The van der Waals surface area contributed by atoms with Gasteiger partial charge in [-0.1, -0.05) is 19.4 Å². The fraction of sp³-hybridized carbons (Fsp3) is 0.400. The topological polar surface area (TPSA) is 137 Å². The average molecular weight is 418 g/mol. The van der Waals surface area contributed by atoms with Gasteiger partial charge in [0.2, 0.25) is 0 Å². The van der Waals surface area contributed by atoms with Crippen molar-refractivity contribution in [3.63, 3.8) is 0 Å². The fourth-order valence-corrected chi connectivity index (χ4v) is 2.89. The second-order valence-corrected chi connectivity index (χ2v) is 6.44. The smallest absolute Gasteiger partial charge is 0.337 e. The number of methoxy groups -OCH3 is 1. The van der Waals surface area contributed by atoms with Crippen molar-refractivity contribution in [2.24, 2.45) is 0 Å². The molecule has 10 nitrogen and oxygen atoms in total. The zero-order chi connectivity index (χ0) is 22.3. The summed E-state index contributed by atoms with van der Waals surface area (Å²) >= 11 is 0. The first kappa shape index (κ1) is 22.7. The van der Waals surface area contributed by atoms with Crippen molar-refractivity contribution in [3.8, 4) is 5.75 Å². The predicted octanol–water partition coefficient (Wildman–Crippen LogP) is 1.14. The molecular weight excluding hydrogens is 392 g/mol. The standard InChI is InChI=1S/C20H26N4O6/c1-4-6-10-24-17(21)16(18(26)22-20(24)28)23(5-2)15(25)12-30-14-9-7-8-13(11-14)19(27)29-3/h7-9,11H,4-6,10,12,21H2,1-3H3,(H,22,26,28). The van der Waals surface area contributed by atoms with Crippen molar-refractivity contribution in [3.05, 3.63) is 50.7 Å². The van der Waals surface area contributed by atoms with Crippen LogP contribution in [0.2, 0.25) is 0 Å². The molecule has 10 heteroatoms. The van der Waals surface area contributed by atoms with Gasteiger partial charge < -0.3 is 20.1 Å². The molecule has 30 heavy (non-hydrogen) atoms. The number of esters is 1. The molecule has 0 aliphatic carbocycles. The Hall–Kier alpha value is -3.56. The number of nitrogen functional groups attached to an aromatic ring is 1. The molecule has 0 saturated heterocycles. The Kier molecular flexibility index (Phi) is 7.79. The fourth-order valence-electron chi connectivity index (χ4n) is 2.89. The number of aromatic amines is 1. The number of benzene rings is 1. The molecule has 1 aromatic carbocycles. The summed E-state index contributed by atoms with van der Waals surface area (Å²) in [5.74, 6) is -0.841. The number of nitrogens with two attached hydrogens (primary N) is 1. The summed E-state index contributed by atoms with van der Waals surface area (Å²) in [7, 11) is 1.26. The normalized spacial score (nSPS) is 10.5. The monoisotopic (exact) mass is 418 g/mol. The molecule has 0 atom stereocenters. The van der Waals surface area contributed by atoms with E-state index in [0.29, 0.717) is 13.0 Å². The molecule has 0 unspecified atom stereocenters. The number of amides is 1. The molecule has 0 spiro atoms. The van der Waals surface area contributed by atoms with Gasteiger partial charge in [-0.3, -0.25) is 19.1 Å². The van der Waals surface area contributed by atoms with Crippen LogP contribution in [0.4, 0.5) is 11.5 Å². The lowest BCUT2D eigenvalue weighted by Crippen LogP contribution is -2.42. The maximum atomic E-state index is 12.8. The van der Waals surface area contributed by atoms with Gasteiger partial charge in [-0.15, -0.1) is 0 Å². The first-order valence-electron chi connectivity index (χ1n) is 9.58. The SMILES string of the molecule is CCCCn1c(N)c(N(CC)C(=O)COc2cccc(C(=O)OC)c2)c(=O)[nH]c1=O. The van der Waals surface area contributed by atoms with Gasteiger partial charge in [-0.25, -0.2) is 9.59 Å². The molecule has 1 aromatic heterocycles. The third-order valence-corrected chi connectivity index (χ3v) is 4.45. The minimum absolute atomic E-state index is 0.0694. The van der Waals surface area contributed by atoms with E-state index in [-0.39, 0.29) is 29.4 Å². The van der Waals surface area contributed by atoms with Gasteiger partial charge in [0.25, 0.3) is 11.5 Å². The largest absolute Gasteiger partial charge is 0.484 e. The number of aromatic nitrogens is 2. The average Bonchev–Trinajstić information content (AvgIpc) is 2.74. The van der Waals surface area contributed by atoms with Gasteiger partial charge in [-0.2, -0.15) is 0 Å². The number of hydrogen-bond acceptors (Lipinski definition) is 7. The Morgan fingerprint density at radius 3 is 2.60 bits per heavy atom. The van der Waals surface area contributed by atoms with Crippen LogP contribution in [0, 0.1) is 0 Å². The van der Waals surface area contributed by atoms with Crippen LogP contribution in [0.25, 0.3) is 0 Å². The third kappa shape index (κ3) is 5.07. The Morgan fingerprint density at radius 1 is 1.23 bits per heavy atom. The van der Waals surface area contributed by atoms with Gasteiger partial charge in [-0.05, 0) is 31.5 Å². The highest BCUT2D eigenvalue weighted by atomic mass is 16.5. The summed E-state index contributed by atoms with van der Waals surface area (Å²) < 4.78 is 11.4. The molecule has 0 fully saturated rings. The van der Waals surface area contributed by atoms with Gasteiger partial charge in [0.1, 0.15) is 11.6 Å². The third-order valence-electron chi connectivity index (χ3n) is 4.45. The number of rotatable bonds is 9. The zero-order valence-electron chi connectivity index (χ0n) is 17.3. The molecule has 2 aromatic rings. The maximum absolute atomic E-state index is 12.8. The lowest BCUT2D eigenvalue weighted by molar-refractivity contribution is -0.120. The molecule has 3 N–H and O–H groups in total. The number of unbranched alkanes of at least 4 members (excludes halogenated alkanes) is 1. The van der Waals surface area contributed by atoms with Crippen molar-refractivity contribution >= 4 is 23.4 Å². The van der Waals surface area contributed by atoms with E-state index in [1.807, 2.05) is 6.92 Å². The van der Waals surface area contributed by atoms with Crippen LogP contribution in [0.5, 0.6) is 5.75 Å². The number of anilines is 2. The van der Waals surface area contributed by atoms with Crippen LogP contribution in [0.3, 0.4) is 0 Å². The van der Waals surface area contributed by atoms with Gasteiger partial charge in [0.05, 0.1) is 12.7 Å². The number of ether oxygens (including phenoxy) is 2. The molecule has 0 bridgehead atoms. The Morgan fingerprint density at radius 2 is 1.97 bits per heavy atom. The Bertz CT molecular complexity index is 1030. The Balaban J connectivity index is 2.26. The highest BCUT2D eigenvalue weighted by molar-refractivity contribution is 5.96. The van der Waals surface area contributed by atoms with E-state index in [4.69, 9.17) is 10.5 Å². The van der Waals surface area contributed by atoms with Gasteiger partial charge in [0, 0.05) is 13.1 Å². The van der Waals surface area contributed by atoms with Crippen molar-refractivity contribution < 1.29 is 19.1 Å². The predicted molar refractivity (Wildman–Crippen MR) is 112 cm³/mol. The van der Waals surface area contributed by atoms with Crippen molar-refractivity contribution in [2.45, 2.75) is 33.2 Å². The van der Waals surface area contributed by atoms with Crippen molar-refractivity contribution in [1.29, 1.82) is 0 Å². The highest BCUT2D eigenvalue weighted by Gasteiger charge is 2.23. The molecule has 0 aliphatic heterocycles. The second kappa shape index (κ2) is 10.3. The number of likely N-dealkylation sites (N-methyl/N-ethyl adjacent to an activating group) is 1. The van der Waals surface area contributed by atoms with E-state index in [9.17, 15) is 19.2 Å². The first-order valence-corrected chi connectivity index (χ1v) is 9.58. The van der Waals surface area contributed by atoms with E-state index < -0.39 is 29.7 Å². The molecular formula is C20H26N4O6. The number of hydrogen-bond donors (Lipinski definition) is 2. The zero-order valence-corrected chi connectivity index (χ0v) is 17.3. The molecule has 0 radical (unpaired) electrons. The van der Waals surface area contributed by atoms with Gasteiger partial charge in [0.15, 0.2) is 12.3 Å². The molecule has 1 amide bonds. The first-order chi connectivity index (χ1) is 14.3. The molecule has 2 rings (SSSR count). The second-order valence-electron chi connectivity index (χ2n) is 6.44. The van der Waals surface area contributed by atoms with Crippen molar-refractivity contribution in [1.82, 2.24) is 9.55 Å². The molecule has 0 aliphatic rings. The van der Waals surface area contributed by atoms with Crippen molar-refractivity contribution in [2.75, 3.05) is 30.9 Å². The minimum Gasteiger partial charge on any atom is -0.484 e. The summed E-state index contributed by atoms with van der Waals surface area (Å²) in [6, 6.07) is 6.18. The van der Waals surface area contributed by atoms with Crippen LogP contribution in [0.15, 0.2) is 33.9 Å². The van der Waals surface area contributed by atoms with Gasteiger partial charge >= 0.3 is 11.7 Å². The van der Waals surface area contributed by atoms with Crippen LogP contribution < -0.4 is 26.6 Å². The van der Waals surface area contributed by atoms with Crippen LogP contribution in [-0.2, 0) is 16.1 Å². The van der Waals surface area contributed by atoms with Crippen LogP contribution in [0.1, 0.15) is 37.0 Å². The summed E-state index contributed by atoms with van der Waals surface area (Å²) in [6.07, 6.45) is 1.52. The molecule has 1 heterocycles. The van der Waals surface area contributed by atoms with E-state index in [0.717, 1.165) is 6.42 Å². The van der Waals surface area contributed by atoms with E-state index in [2.05, 4.69) is 9.72 Å². The quantitative estimate of drug-likeness (QED) is 0.583.